The lowest BCUT2D eigenvalue weighted by atomic mass is 9.98. The molecule has 4 rings (SSSR count). The molecule has 3 aromatic rings. The van der Waals surface area contributed by atoms with Gasteiger partial charge in [-0.15, -0.1) is 11.8 Å². The van der Waals surface area contributed by atoms with E-state index in [-0.39, 0.29) is 17.6 Å². The lowest BCUT2D eigenvalue weighted by molar-refractivity contribution is -0.113. The first-order chi connectivity index (χ1) is 14.5. The monoisotopic (exact) mass is 424 g/mol. The molecule has 0 spiro atoms. The molecule has 2 N–H and O–H groups in total. The summed E-state index contributed by atoms with van der Waals surface area (Å²) in [6.45, 7) is 0. The number of fused-ring (bicyclic) bond motifs is 1. The first kappa shape index (κ1) is 20.1. The van der Waals surface area contributed by atoms with Crippen molar-refractivity contribution < 1.29 is 18.4 Å². The fourth-order valence-electron chi connectivity index (χ4n) is 3.34. The van der Waals surface area contributed by atoms with Gasteiger partial charge in [-0.05, 0) is 60.0 Å². The smallest absolute Gasteiger partial charge is 0.251 e. The Morgan fingerprint density at radius 1 is 1.03 bits per heavy atom. The van der Waals surface area contributed by atoms with Gasteiger partial charge in [-0.2, -0.15) is 0 Å². The number of hydrogen-bond acceptors (Lipinski definition) is 3. The molecule has 0 saturated carbocycles. The van der Waals surface area contributed by atoms with Gasteiger partial charge in [0.15, 0.2) is 0 Å². The normalized spacial score (nSPS) is 13.9. The lowest BCUT2D eigenvalue weighted by Gasteiger charge is -2.21. The summed E-state index contributed by atoms with van der Waals surface area (Å²) in [5, 5.41) is 5.68. The number of carbonyl (C=O) groups is 2. The molecule has 30 heavy (non-hydrogen) atoms. The third-order valence-corrected chi connectivity index (χ3v) is 5.83. The van der Waals surface area contributed by atoms with E-state index in [9.17, 15) is 18.4 Å². The van der Waals surface area contributed by atoms with Crippen LogP contribution in [-0.4, -0.2) is 17.6 Å². The average Bonchev–Trinajstić information content (AvgIpc) is 2.72. The van der Waals surface area contributed by atoms with Gasteiger partial charge >= 0.3 is 0 Å². The molecule has 0 aromatic heterocycles. The van der Waals surface area contributed by atoms with Gasteiger partial charge in [-0.1, -0.05) is 24.3 Å². The molecule has 4 nitrogen and oxygen atoms in total. The second-order valence-electron chi connectivity index (χ2n) is 6.96. The molecule has 1 aliphatic rings. The van der Waals surface area contributed by atoms with Crippen molar-refractivity contribution in [3.05, 3.63) is 95.1 Å². The van der Waals surface area contributed by atoms with Crippen molar-refractivity contribution in [1.29, 1.82) is 0 Å². The van der Waals surface area contributed by atoms with Crippen molar-refractivity contribution >= 4 is 29.3 Å². The van der Waals surface area contributed by atoms with Crippen molar-refractivity contribution in [3.63, 3.8) is 0 Å². The third-order valence-electron chi connectivity index (χ3n) is 4.76. The molecule has 3 aromatic carbocycles. The van der Waals surface area contributed by atoms with Gasteiger partial charge in [0.2, 0.25) is 5.91 Å². The van der Waals surface area contributed by atoms with Gasteiger partial charge in [-0.3, -0.25) is 9.59 Å². The molecule has 1 unspecified atom stereocenters. The van der Waals surface area contributed by atoms with Crippen LogP contribution in [0.3, 0.4) is 0 Å². The largest absolute Gasteiger partial charge is 0.345 e. The number of nitrogens with one attached hydrogen (secondary N) is 2. The fourth-order valence-corrected chi connectivity index (χ4v) is 4.13. The van der Waals surface area contributed by atoms with Gasteiger partial charge < -0.3 is 10.6 Å². The zero-order valence-electron chi connectivity index (χ0n) is 15.8. The summed E-state index contributed by atoms with van der Waals surface area (Å²) in [5.74, 6) is -0.935. The Bertz CT molecular complexity index is 1120. The van der Waals surface area contributed by atoms with Crippen LogP contribution in [0.15, 0.2) is 71.6 Å². The van der Waals surface area contributed by atoms with E-state index in [1.165, 1.54) is 36.0 Å². The molecule has 0 saturated heterocycles. The maximum Gasteiger partial charge on any atom is 0.251 e. The number of halogens is 2. The molecule has 152 valence electrons. The zero-order valence-corrected chi connectivity index (χ0v) is 16.6. The van der Waals surface area contributed by atoms with E-state index in [4.69, 9.17) is 0 Å². The number of thioether (sulfide) groups is 1. The highest BCUT2D eigenvalue weighted by molar-refractivity contribution is 8.00. The van der Waals surface area contributed by atoms with Gasteiger partial charge in [0.05, 0.1) is 17.5 Å². The van der Waals surface area contributed by atoms with E-state index < -0.39 is 11.9 Å². The summed E-state index contributed by atoms with van der Waals surface area (Å²) < 4.78 is 27.4. The van der Waals surface area contributed by atoms with E-state index in [1.807, 2.05) is 0 Å². The maximum absolute atomic E-state index is 13.8. The number of carbonyl (C=O) groups excluding carboxylic acids is 2. The topological polar surface area (TPSA) is 58.2 Å². The predicted octanol–water partition coefficient (Wildman–Crippen LogP) is 4.72. The summed E-state index contributed by atoms with van der Waals surface area (Å²) >= 11 is 1.41. The number of benzene rings is 3. The Morgan fingerprint density at radius 2 is 1.80 bits per heavy atom. The first-order valence-corrected chi connectivity index (χ1v) is 10.3. The van der Waals surface area contributed by atoms with Crippen molar-refractivity contribution in [2.45, 2.75) is 17.4 Å². The Balaban J connectivity index is 1.60. The van der Waals surface area contributed by atoms with Crippen LogP contribution in [0.25, 0.3) is 0 Å². The maximum atomic E-state index is 13.8. The van der Waals surface area contributed by atoms with Crippen LogP contribution in [0.1, 0.15) is 27.5 Å². The van der Waals surface area contributed by atoms with Crippen LogP contribution in [-0.2, 0) is 11.2 Å². The number of rotatable bonds is 5. The minimum absolute atomic E-state index is 0.117. The lowest BCUT2D eigenvalue weighted by Crippen LogP contribution is -2.30. The van der Waals surface area contributed by atoms with E-state index in [0.717, 1.165) is 4.90 Å². The molecule has 0 bridgehead atoms. The van der Waals surface area contributed by atoms with Crippen molar-refractivity contribution in [3.8, 4) is 0 Å². The summed E-state index contributed by atoms with van der Waals surface area (Å²) in [6, 6.07) is 16.6. The highest BCUT2D eigenvalue weighted by Gasteiger charge is 2.20. The third kappa shape index (κ3) is 4.68. The van der Waals surface area contributed by atoms with Gasteiger partial charge in [0.25, 0.3) is 5.91 Å². The second-order valence-corrected chi connectivity index (χ2v) is 7.98. The van der Waals surface area contributed by atoms with Crippen LogP contribution in [0.4, 0.5) is 14.5 Å². The van der Waals surface area contributed by atoms with Crippen LogP contribution in [0.2, 0.25) is 0 Å². The molecule has 1 aliphatic heterocycles. The minimum atomic E-state index is -0.560. The fraction of sp³-hybridized carbons (Fsp3) is 0.130. The molecule has 1 heterocycles. The van der Waals surface area contributed by atoms with Crippen LogP contribution in [0.5, 0.6) is 0 Å². The Kier molecular flexibility index (Phi) is 5.81. The summed E-state index contributed by atoms with van der Waals surface area (Å²) in [6.07, 6.45) is 0.296. The molecule has 0 aliphatic carbocycles. The highest BCUT2D eigenvalue weighted by Crippen LogP contribution is 2.32. The SMILES string of the molecule is O=C1CSc2ccc(C(=O)NC(Cc3cccc(F)c3)c3cccc(F)c3)cc2N1. The summed E-state index contributed by atoms with van der Waals surface area (Å²) in [5.41, 5.74) is 2.22. The van der Waals surface area contributed by atoms with Crippen molar-refractivity contribution in [2.24, 2.45) is 0 Å². The van der Waals surface area contributed by atoms with E-state index in [1.54, 1.807) is 42.5 Å². The predicted molar refractivity (Wildman–Crippen MR) is 113 cm³/mol. The second kappa shape index (κ2) is 8.67. The van der Waals surface area contributed by atoms with Gasteiger partial charge in [0, 0.05) is 10.5 Å². The van der Waals surface area contributed by atoms with E-state index >= 15 is 0 Å². The molecular formula is C23H18F2N2O2S. The Morgan fingerprint density at radius 3 is 2.57 bits per heavy atom. The van der Waals surface area contributed by atoms with Crippen LogP contribution < -0.4 is 10.6 Å². The van der Waals surface area contributed by atoms with Crippen molar-refractivity contribution in [1.82, 2.24) is 5.32 Å². The summed E-state index contributed by atoms with van der Waals surface area (Å²) in [7, 11) is 0. The summed E-state index contributed by atoms with van der Waals surface area (Å²) in [4.78, 5) is 25.5. The number of hydrogen-bond donors (Lipinski definition) is 2. The first-order valence-electron chi connectivity index (χ1n) is 9.35. The molecule has 0 radical (unpaired) electrons. The molecule has 0 fully saturated rings. The molecule has 2 amide bonds. The number of amides is 2. The number of anilines is 1. The zero-order chi connectivity index (χ0) is 21.1. The Hall–Kier alpha value is -3.19. The van der Waals surface area contributed by atoms with Crippen molar-refractivity contribution in [2.75, 3.05) is 11.1 Å². The standard InChI is InChI=1S/C23H18F2N2O2S/c24-17-5-1-3-14(9-17)10-19(15-4-2-6-18(25)11-15)27-23(29)16-7-8-21-20(12-16)26-22(28)13-30-21/h1-9,11-12,19H,10,13H2,(H,26,28)(H,27,29). The molecule has 7 heteroatoms. The van der Waals surface area contributed by atoms with Gasteiger partial charge in [-0.25, -0.2) is 8.78 Å². The van der Waals surface area contributed by atoms with Crippen LogP contribution in [0, 0.1) is 11.6 Å². The Labute approximate surface area is 176 Å². The quantitative estimate of drug-likeness (QED) is 0.623. The average molecular weight is 424 g/mol. The van der Waals surface area contributed by atoms with Gasteiger partial charge in [0.1, 0.15) is 11.6 Å². The molecular weight excluding hydrogens is 406 g/mol. The highest BCUT2D eigenvalue weighted by atomic mass is 32.2. The van der Waals surface area contributed by atoms with E-state index in [2.05, 4.69) is 10.6 Å². The molecule has 1 atom stereocenters. The van der Waals surface area contributed by atoms with Crippen LogP contribution >= 0.6 is 11.8 Å². The minimum Gasteiger partial charge on any atom is -0.345 e. The van der Waals surface area contributed by atoms with E-state index in [0.29, 0.717) is 34.6 Å².